The molecule has 3 N–H and O–H groups in total. The average Bonchev–Trinajstić information content (AvgIpc) is 2.35. The van der Waals surface area contributed by atoms with Gasteiger partial charge in [-0.2, -0.15) is 0 Å². The number of halogens is 1. The van der Waals surface area contributed by atoms with Gasteiger partial charge in [0.25, 0.3) is 0 Å². The maximum atomic E-state index is 11.9. The van der Waals surface area contributed by atoms with Crippen molar-refractivity contribution in [3.63, 3.8) is 0 Å². The van der Waals surface area contributed by atoms with Gasteiger partial charge in [0.1, 0.15) is 0 Å². The van der Waals surface area contributed by atoms with Crippen LogP contribution in [0.2, 0.25) is 5.02 Å². The molecule has 0 heterocycles. The van der Waals surface area contributed by atoms with Crippen molar-refractivity contribution in [1.82, 2.24) is 5.32 Å². The van der Waals surface area contributed by atoms with Gasteiger partial charge in [-0.1, -0.05) is 30.7 Å². The summed E-state index contributed by atoms with van der Waals surface area (Å²) in [5, 5.41) is 3.76. The zero-order chi connectivity index (χ0) is 14.3. The van der Waals surface area contributed by atoms with Crippen LogP contribution < -0.4 is 11.1 Å². The van der Waals surface area contributed by atoms with E-state index in [0.29, 0.717) is 6.54 Å². The molecule has 1 rings (SSSR count). The molecule has 106 valence electrons. The van der Waals surface area contributed by atoms with Crippen LogP contribution in [0.15, 0.2) is 24.3 Å². The summed E-state index contributed by atoms with van der Waals surface area (Å²) in [4.78, 5) is 11.9. The molecule has 0 spiro atoms. The fourth-order valence-corrected chi connectivity index (χ4v) is 2.22. The number of carbonyl (C=O) groups excluding carboxylic acids is 1. The Bertz CT molecular complexity index is 409. The lowest BCUT2D eigenvalue weighted by atomic mass is 10.0. The smallest absolute Gasteiger partial charge is 0.223 e. The molecule has 2 atom stereocenters. The monoisotopic (exact) mass is 282 g/mol. The molecule has 1 amide bonds. The summed E-state index contributed by atoms with van der Waals surface area (Å²) in [6.07, 6.45) is 2.51. The second-order valence-corrected chi connectivity index (χ2v) is 5.51. The third-order valence-electron chi connectivity index (χ3n) is 3.11. The molecule has 0 saturated heterocycles. The number of hydrogen-bond acceptors (Lipinski definition) is 2. The Balaban J connectivity index is 2.42. The quantitative estimate of drug-likeness (QED) is 0.808. The fraction of sp³-hybridized carbons (Fsp3) is 0.533. The summed E-state index contributed by atoms with van der Waals surface area (Å²) < 4.78 is 0. The molecule has 1 aromatic rings. The molecule has 2 unspecified atom stereocenters. The summed E-state index contributed by atoms with van der Waals surface area (Å²) in [5.41, 5.74) is 6.58. The number of amides is 1. The third-order valence-corrected chi connectivity index (χ3v) is 3.34. The van der Waals surface area contributed by atoms with Gasteiger partial charge in [0.15, 0.2) is 0 Å². The first-order valence-electron chi connectivity index (χ1n) is 6.77. The van der Waals surface area contributed by atoms with E-state index in [1.165, 1.54) is 0 Å². The molecule has 1 aromatic carbocycles. The molecule has 0 saturated carbocycles. The van der Waals surface area contributed by atoms with Gasteiger partial charge >= 0.3 is 0 Å². The van der Waals surface area contributed by atoms with Crippen molar-refractivity contribution in [2.24, 2.45) is 11.7 Å². The van der Waals surface area contributed by atoms with E-state index >= 15 is 0 Å². The van der Waals surface area contributed by atoms with Crippen molar-refractivity contribution in [2.45, 2.75) is 39.2 Å². The first kappa shape index (κ1) is 16.0. The number of benzene rings is 1. The molecular formula is C15H23ClN2O. The Hall–Kier alpha value is -1.06. The van der Waals surface area contributed by atoms with Crippen molar-refractivity contribution >= 4 is 17.5 Å². The molecule has 0 aliphatic carbocycles. The second kappa shape index (κ2) is 8.18. The minimum Gasteiger partial charge on any atom is -0.353 e. The van der Waals surface area contributed by atoms with Crippen molar-refractivity contribution in [2.75, 3.05) is 6.54 Å². The fourth-order valence-electron chi connectivity index (χ4n) is 2.01. The number of carbonyl (C=O) groups is 1. The predicted molar refractivity (Wildman–Crippen MR) is 80.2 cm³/mol. The molecule has 4 heteroatoms. The maximum absolute atomic E-state index is 11.9. The number of nitrogens with two attached hydrogens (primary N) is 1. The van der Waals surface area contributed by atoms with Gasteiger partial charge in [0, 0.05) is 17.0 Å². The minimum atomic E-state index is 0.0189. The Kier molecular flexibility index (Phi) is 6.89. The standard InChI is InChI=1S/C15H23ClN2O/c1-11(5-4-8-17)15(19)18-12(2)9-13-6-3-7-14(16)10-13/h3,6-7,10-12H,4-5,8-9,17H2,1-2H3,(H,18,19). The lowest BCUT2D eigenvalue weighted by Gasteiger charge is -2.17. The van der Waals surface area contributed by atoms with E-state index in [0.717, 1.165) is 29.8 Å². The van der Waals surface area contributed by atoms with E-state index in [1.54, 1.807) is 0 Å². The van der Waals surface area contributed by atoms with Crippen LogP contribution in [0.5, 0.6) is 0 Å². The highest BCUT2D eigenvalue weighted by Gasteiger charge is 2.14. The van der Waals surface area contributed by atoms with Crippen LogP contribution in [0.25, 0.3) is 0 Å². The van der Waals surface area contributed by atoms with Crippen molar-refractivity contribution in [3.8, 4) is 0 Å². The second-order valence-electron chi connectivity index (χ2n) is 5.08. The Labute approximate surface area is 120 Å². The van der Waals surface area contributed by atoms with E-state index in [9.17, 15) is 4.79 Å². The highest BCUT2D eigenvalue weighted by molar-refractivity contribution is 6.30. The van der Waals surface area contributed by atoms with E-state index < -0.39 is 0 Å². The summed E-state index contributed by atoms with van der Waals surface area (Å²) in [5.74, 6) is 0.119. The van der Waals surface area contributed by atoms with Gasteiger partial charge in [0.05, 0.1) is 0 Å². The van der Waals surface area contributed by atoms with Gasteiger partial charge in [-0.05, 0) is 50.4 Å². The van der Waals surface area contributed by atoms with Crippen molar-refractivity contribution in [1.29, 1.82) is 0 Å². The van der Waals surface area contributed by atoms with E-state index in [-0.39, 0.29) is 17.9 Å². The van der Waals surface area contributed by atoms with Crippen LogP contribution in [0, 0.1) is 5.92 Å². The van der Waals surface area contributed by atoms with Crippen molar-refractivity contribution in [3.05, 3.63) is 34.9 Å². The third kappa shape index (κ3) is 6.08. The van der Waals surface area contributed by atoms with Gasteiger partial charge in [-0.3, -0.25) is 4.79 Å². The molecule has 0 aromatic heterocycles. The Morgan fingerprint density at radius 2 is 2.16 bits per heavy atom. The van der Waals surface area contributed by atoms with E-state index in [4.69, 9.17) is 17.3 Å². The first-order valence-corrected chi connectivity index (χ1v) is 7.15. The number of nitrogens with one attached hydrogen (secondary N) is 1. The minimum absolute atomic E-state index is 0.0189. The topological polar surface area (TPSA) is 55.1 Å². The Morgan fingerprint density at radius 3 is 2.79 bits per heavy atom. The van der Waals surface area contributed by atoms with E-state index in [2.05, 4.69) is 5.32 Å². The molecule has 0 bridgehead atoms. The largest absolute Gasteiger partial charge is 0.353 e. The van der Waals surface area contributed by atoms with Crippen LogP contribution >= 0.6 is 11.6 Å². The zero-order valence-corrected chi connectivity index (χ0v) is 12.4. The van der Waals surface area contributed by atoms with E-state index in [1.807, 2.05) is 38.1 Å². The van der Waals surface area contributed by atoms with Crippen LogP contribution in [-0.4, -0.2) is 18.5 Å². The van der Waals surface area contributed by atoms with Gasteiger partial charge in [-0.15, -0.1) is 0 Å². The molecule has 0 radical (unpaired) electrons. The summed E-state index contributed by atoms with van der Waals surface area (Å²) in [7, 11) is 0. The summed E-state index contributed by atoms with van der Waals surface area (Å²) in [6.45, 7) is 4.58. The van der Waals surface area contributed by atoms with Crippen molar-refractivity contribution < 1.29 is 4.79 Å². The highest BCUT2D eigenvalue weighted by Crippen LogP contribution is 2.12. The molecule has 0 aliphatic heterocycles. The highest BCUT2D eigenvalue weighted by atomic mass is 35.5. The average molecular weight is 283 g/mol. The number of hydrogen-bond donors (Lipinski definition) is 2. The van der Waals surface area contributed by atoms with Crippen LogP contribution in [0.3, 0.4) is 0 Å². The van der Waals surface area contributed by atoms with Crippen LogP contribution in [0.4, 0.5) is 0 Å². The lowest BCUT2D eigenvalue weighted by molar-refractivity contribution is -0.125. The molecular weight excluding hydrogens is 260 g/mol. The van der Waals surface area contributed by atoms with Crippen LogP contribution in [-0.2, 0) is 11.2 Å². The predicted octanol–water partition coefficient (Wildman–Crippen LogP) is 2.76. The normalized spacial score (nSPS) is 13.9. The summed E-state index contributed by atoms with van der Waals surface area (Å²) in [6, 6.07) is 7.83. The SMILES string of the molecule is CC(Cc1cccc(Cl)c1)NC(=O)C(C)CCCN. The maximum Gasteiger partial charge on any atom is 0.223 e. The Morgan fingerprint density at radius 1 is 1.42 bits per heavy atom. The zero-order valence-electron chi connectivity index (χ0n) is 11.7. The van der Waals surface area contributed by atoms with Crippen LogP contribution in [0.1, 0.15) is 32.3 Å². The first-order chi connectivity index (χ1) is 9.02. The number of rotatable bonds is 7. The molecule has 19 heavy (non-hydrogen) atoms. The molecule has 3 nitrogen and oxygen atoms in total. The lowest BCUT2D eigenvalue weighted by Crippen LogP contribution is -2.37. The van der Waals surface area contributed by atoms with Gasteiger partial charge in [-0.25, -0.2) is 0 Å². The van der Waals surface area contributed by atoms with Gasteiger partial charge < -0.3 is 11.1 Å². The summed E-state index contributed by atoms with van der Waals surface area (Å²) >= 11 is 5.94. The molecule has 0 fully saturated rings. The van der Waals surface area contributed by atoms with Gasteiger partial charge in [0.2, 0.25) is 5.91 Å². The molecule has 0 aliphatic rings.